The summed E-state index contributed by atoms with van der Waals surface area (Å²) >= 11 is 0. The fourth-order valence-electron chi connectivity index (χ4n) is 4.34. The molecule has 3 nitrogen and oxygen atoms in total. The highest BCUT2D eigenvalue weighted by atomic mass is 16.4. The van der Waals surface area contributed by atoms with E-state index >= 15 is 0 Å². The van der Waals surface area contributed by atoms with Crippen molar-refractivity contribution < 1.29 is 9.90 Å². The molecule has 0 spiro atoms. The molecule has 3 fully saturated rings. The zero-order valence-electron chi connectivity index (χ0n) is 10.5. The van der Waals surface area contributed by atoms with Gasteiger partial charge in [0.15, 0.2) is 0 Å². The van der Waals surface area contributed by atoms with Crippen molar-refractivity contribution in [2.45, 2.75) is 63.5 Å². The topological polar surface area (TPSA) is 40.5 Å². The third-order valence-corrected chi connectivity index (χ3v) is 5.28. The van der Waals surface area contributed by atoms with Gasteiger partial charge in [0.25, 0.3) is 0 Å². The maximum Gasteiger partial charge on any atom is 0.306 e. The van der Waals surface area contributed by atoms with Crippen LogP contribution >= 0.6 is 0 Å². The van der Waals surface area contributed by atoms with Gasteiger partial charge in [0.1, 0.15) is 0 Å². The van der Waals surface area contributed by atoms with Crippen LogP contribution in [-0.2, 0) is 4.79 Å². The van der Waals surface area contributed by atoms with E-state index in [0.29, 0.717) is 5.92 Å². The summed E-state index contributed by atoms with van der Waals surface area (Å²) in [6.07, 6.45) is 9.81. The number of rotatable bonds is 3. The summed E-state index contributed by atoms with van der Waals surface area (Å²) < 4.78 is 0. The molecular weight excluding hydrogens is 214 g/mol. The Balaban J connectivity index is 1.65. The van der Waals surface area contributed by atoms with Gasteiger partial charge in [0.2, 0.25) is 0 Å². The molecular formula is C14H23NO2. The van der Waals surface area contributed by atoms with Crippen molar-refractivity contribution >= 4 is 5.97 Å². The lowest BCUT2D eigenvalue weighted by Gasteiger charge is -2.33. The van der Waals surface area contributed by atoms with Crippen molar-refractivity contribution in [2.24, 2.45) is 11.8 Å². The molecule has 17 heavy (non-hydrogen) atoms. The number of fused-ring (bicyclic) bond motifs is 2. The number of hydrogen-bond donors (Lipinski definition) is 1. The second-order valence-electron chi connectivity index (χ2n) is 6.15. The van der Waals surface area contributed by atoms with Crippen molar-refractivity contribution in [3.63, 3.8) is 0 Å². The van der Waals surface area contributed by atoms with Gasteiger partial charge in [-0.1, -0.05) is 12.8 Å². The zero-order chi connectivity index (χ0) is 11.8. The van der Waals surface area contributed by atoms with Crippen LogP contribution in [0.25, 0.3) is 0 Å². The number of carboxylic acid groups (broad SMARTS) is 1. The van der Waals surface area contributed by atoms with Crippen LogP contribution in [-0.4, -0.2) is 34.6 Å². The average molecular weight is 237 g/mol. The monoisotopic (exact) mass is 237 g/mol. The molecule has 96 valence electrons. The smallest absolute Gasteiger partial charge is 0.306 e. The minimum absolute atomic E-state index is 0.0660. The van der Waals surface area contributed by atoms with Crippen LogP contribution in [0.4, 0.5) is 0 Å². The molecule has 1 N–H and O–H groups in total. The Morgan fingerprint density at radius 1 is 1.00 bits per heavy atom. The van der Waals surface area contributed by atoms with E-state index < -0.39 is 5.97 Å². The summed E-state index contributed by atoms with van der Waals surface area (Å²) in [7, 11) is 0. The molecule has 2 saturated heterocycles. The van der Waals surface area contributed by atoms with Crippen LogP contribution in [0, 0.1) is 11.8 Å². The fraction of sp³-hybridized carbons (Fsp3) is 0.929. The van der Waals surface area contributed by atoms with Gasteiger partial charge in [-0.3, -0.25) is 9.69 Å². The van der Waals surface area contributed by atoms with E-state index in [0.717, 1.165) is 37.9 Å². The Bertz CT molecular complexity index is 285. The molecule has 0 aromatic rings. The molecule has 0 radical (unpaired) electrons. The molecule has 2 heterocycles. The lowest BCUT2D eigenvalue weighted by molar-refractivity contribution is -0.145. The van der Waals surface area contributed by atoms with Gasteiger partial charge in [0, 0.05) is 18.6 Å². The van der Waals surface area contributed by atoms with E-state index in [2.05, 4.69) is 4.90 Å². The summed E-state index contributed by atoms with van der Waals surface area (Å²) in [6, 6.07) is 1.58. The fourth-order valence-corrected chi connectivity index (χ4v) is 4.34. The highest BCUT2D eigenvalue weighted by Crippen LogP contribution is 2.40. The molecule has 3 heteroatoms. The van der Waals surface area contributed by atoms with Gasteiger partial charge in [-0.2, -0.15) is 0 Å². The lowest BCUT2D eigenvalue weighted by atomic mass is 9.79. The molecule has 1 saturated carbocycles. The van der Waals surface area contributed by atoms with Crippen LogP contribution in [0.1, 0.15) is 51.4 Å². The summed E-state index contributed by atoms with van der Waals surface area (Å²) in [5, 5.41) is 9.31. The van der Waals surface area contributed by atoms with Gasteiger partial charge in [0.05, 0.1) is 5.92 Å². The van der Waals surface area contributed by atoms with Crippen LogP contribution in [0.2, 0.25) is 0 Å². The van der Waals surface area contributed by atoms with Crippen molar-refractivity contribution in [3.05, 3.63) is 0 Å². The first-order valence-electron chi connectivity index (χ1n) is 7.24. The number of nitrogens with zero attached hydrogens (tertiary/aromatic N) is 1. The molecule has 0 amide bonds. The van der Waals surface area contributed by atoms with Gasteiger partial charge in [-0.25, -0.2) is 0 Å². The first kappa shape index (κ1) is 11.5. The van der Waals surface area contributed by atoms with E-state index in [1.807, 2.05) is 0 Å². The number of aliphatic carboxylic acids is 1. The summed E-state index contributed by atoms with van der Waals surface area (Å²) in [5.41, 5.74) is 0. The first-order chi connectivity index (χ1) is 8.25. The Morgan fingerprint density at radius 3 is 2.18 bits per heavy atom. The number of carbonyl (C=O) groups is 1. The third kappa shape index (κ3) is 2.10. The second-order valence-corrected chi connectivity index (χ2v) is 6.15. The normalized spacial score (nSPS) is 41.9. The van der Waals surface area contributed by atoms with Crippen molar-refractivity contribution in [2.75, 3.05) is 6.54 Å². The zero-order valence-corrected chi connectivity index (χ0v) is 10.5. The molecule has 2 bridgehead atoms. The molecule has 0 aromatic carbocycles. The maximum atomic E-state index is 11.3. The quantitative estimate of drug-likeness (QED) is 0.820. The second kappa shape index (κ2) is 4.60. The van der Waals surface area contributed by atoms with Crippen molar-refractivity contribution in [3.8, 4) is 0 Å². The van der Waals surface area contributed by atoms with Crippen LogP contribution in [0.5, 0.6) is 0 Å². The van der Waals surface area contributed by atoms with E-state index in [1.54, 1.807) is 0 Å². The minimum atomic E-state index is -0.554. The van der Waals surface area contributed by atoms with Crippen LogP contribution < -0.4 is 0 Å². The standard InChI is InChI=1S/C14H23NO2/c16-14(17)13-4-2-1-3-10(13)9-15-11-5-6-12(15)8-7-11/h10-13H,1-9H2,(H,16,17)/t10-,11?,12?,13?/m0/s1. The van der Waals surface area contributed by atoms with Crippen molar-refractivity contribution in [1.29, 1.82) is 0 Å². The van der Waals surface area contributed by atoms with E-state index in [4.69, 9.17) is 0 Å². The number of carboxylic acids is 1. The molecule has 0 aromatic heterocycles. The Labute approximate surface area is 103 Å². The highest BCUT2D eigenvalue weighted by molar-refractivity contribution is 5.70. The molecule has 1 unspecified atom stereocenters. The van der Waals surface area contributed by atoms with Crippen LogP contribution in [0.15, 0.2) is 0 Å². The van der Waals surface area contributed by atoms with Crippen molar-refractivity contribution in [1.82, 2.24) is 4.90 Å². The minimum Gasteiger partial charge on any atom is -0.481 e. The van der Waals surface area contributed by atoms with Gasteiger partial charge >= 0.3 is 5.97 Å². The first-order valence-corrected chi connectivity index (χ1v) is 7.24. The average Bonchev–Trinajstić information content (AvgIpc) is 2.89. The van der Waals surface area contributed by atoms with E-state index in [1.165, 1.54) is 32.1 Å². The molecule has 3 rings (SSSR count). The Morgan fingerprint density at radius 2 is 1.59 bits per heavy atom. The predicted octanol–water partition coefficient (Wildman–Crippen LogP) is 2.50. The Hall–Kier alpha value is -0.570. The van der Waals surface area contributed by atoms with E-state index in [-0.39, 0.29) is 5.92 Å². The van der Waals surface area contributed by atoms with Gasteiger partial charge in [-0.05, 0) is 44.4 Å². The summed E-state index contributed by atoms with van der Waals surface area (Å²) in [4.78, 5) is 13.9. The van der Waals surface area contributed by atoms with Gasteiger partial charge < -0.3 is 5.11 Å². The molecule has 3 aliphatic rings. The van der Waals surface area contributed by atoms with E-state index in [9.17, 15) is 9.90 Å². The van der Waals surface area contributed by atoms with Crippen LogP contribution in [0.3, 0.4) is 0 Å². The molecule has 2 atom stereocenters. The SMILES string of the molecule is O=C(O)C1CCCC[C@H]1CN1C2CCC1CC2. The number of hydrogen-bond acceptors (Lipinski definition) is 2. The lowest BCUT2D eigenvalue weighted by Crippen LogP contribution is -2.39. The Kier molecular flexibility index (Phi) is 3.12. The molecule has 2 aliphatic heterocycles. The largest absolute Gasteiger partial charge is 0.481 e. The maximum absolute atomic E-state index is 11.3. The van der Waals surface area contributed by atoms with Gasteiger partial charge in [-0.15, -0.1) is 0 Å². The third-order valence-electron chi connectivity index (χ3n) is 5.28. The predicted molar refractivity (Wildman–Crippen MR) is 65.8 cm³/mol. The summed E-state index contributed by atoms with van der Waals surface area (Å²) in [6.45, 7) is 1.06. The molecule has 1 aliphatic carbocycles. The summed E-state index contributed by atoms with van der Waals surface area (Å²) in [5.74, 6) is -0.201. The highest BCUT2D eigenvalue weighted by Gasteiger charge is 2.42.